The Hall–Kier alpha value is -3.60. The number of carbonyl (C=O) groups excluding carboxylic acids is 3. The van der Waals surface area contributed by atoms with E-state index in [0.717, 1.165) is 56.5 Å². The summed E-state index contributed by atoms with van der Waals surface area (Å²) in [7, 11) is 0. The Balaban J connectivity index is 1.61. The number of ether oxygens (including phenoxy) is 3. The van der Waals surface area contributed by atoms with Gasteiger partial charge in [0, 0.05) is 0 Å². The number of esters is 3. The maximum absolute atomic E-state index is 13.2. The fourth-order valence-electron chi connectivity index (χ4n) is 8.53. The molecule has 3 aromatic rings. The summed E-state index contributed by atoms with van der Waals surface area (Å²) < 4.78 is 16.7. The number of phenolic OH excluding ortho intramolecular Hbond substituents is 3. The van der Waals surface area contributed by atoms with Gasteiger partial charge < -0.3 is 10.2 Å². The second-order valence-corrected chi connectivity index (χ2v) is 28.9. The van der Waals surface area contributed by atoms with Crippen molar-refractivity contribution in [2.75, 3.05) is 52.5 Å². The first-order valence-electron chi connectivity index (χ1n) is 26.1. The average Bonchev–Trinajstić information content (AvgIpc) is 3.25. The monoisotopic (exact) mass is 1220 g/mol. The van der Waals surface area contributed by atoms with Gasteiger partial charge in [0.2, 0.25) is 0 Å². The predicted octanol–water partition coefficient (Wildman–Crippen LogP) is 10.3. The molecule has 1 unspecified atom stereocenters. The second kappa shape index (κ2) is 26.3. The number of aryl methyl sites for hydroxylation is 2. The van der Waals surface area contributed by atoms with Crippen LogP contribution in [0.4, 0.5) is 0 Å². The van der Waals surface area contributed by atoms with Crippen molar-refractivity contribution in [1.29, 1.82) is 0 Å². The summed E-state index contributed by atoms with van der Waals surface area (Å²) in [5, 5.41) is 43.9. The van der Waals surface area contributed by atoms with E-state index in [4.69, 9.17) is 14.2 Å². The molecule has 1 atom stereocenters. The van der Waals surface area contributed by atoms with Crippen LogP contribution in [0.1, 0.15) is 193 Å². The molecule has 13 heteroatoms. The molecule has 0 saturated carbocycles. The fraction of sp³-hybridized carbons (Fsp3) is 0.644. The van der Waals surface area contributed by atoms with Gasteiger partial charge in [0.25, 0.3) is 0 Å². The van der Waals surface area contributed by atoms with E-state index in [1.807, 2.05) is 36.4 Å². The topological polar surface area (TPSA) is 176 Å². The van der Waals surface area contributed by atoms with Crippen molar-refractivity contribution < 1.29 is 73.3 Å². The Morgan fingerprint density at radius 2 is 0.847 bits per heavy atom. The Labute approximate surface area is 452 Å². The van der Waals surface area contributed by atoms with Crippen LogP contribution in [0.25, 0.3) is 0 Å². The van der Waals surface area contributed by atoms with Crippen molar-refractivity contribution >= 4 is 17.9 Å². The Kier molecular flexibility index (Phi) is 22.9. The molecule has 0 aromatic heterocycles. The molecule has 72 heavy (non-hydrogen) atoms. The molecule has 0 spiro atoms. The molecule has 401 valence electrons. The van der Waals surface area contributed by atoms with Crippen LogP contribution >= 0.6 is 0 Å². The number of hydrogen-bond acceptors (Lipinski definition) is 12. The normalized spacial score (nSPS) is 13.3. The molecule has 0 amide bonds. The van der Waals surface area contributed by atoms with E-state index in [1.54, 1.807) is 0 Å². The Morgan fingerprint density at radius 1 is 0.514 bits per heavy atom. The van der Waals surface area contributed by atoms with Crippen LogP contribution in [-0.2, 0) is 74.9 Å². The minimum absolute atomic E-state index is 0.0942. The van der Waals surface area contributed by atoms with Crippen molar-refractivity contribution in [3.63, 3.8) is 0 Å². The van der Waals surface area contributed by atoms with E-state index in [1.165, 1.54) is 0 Å². The summed E-state index contributed by atoms with van der Waals surface area (Å²) in [6.07, 6.45) is 2.39. The van der Waals surface area contributed by atoms with Gasteiger partial charge in [0.1, 0.15) is 11.5 Å². The van der Waals surface area contributed by atoms with E-state index in [-0.39, 0.29) is 92.6 Å². The van der Waals surface area contributed by atoms with Crippen LogP contribution in [0.3, 0.4) is 0 Å². The van der Waals surface area contributed by atoms with Crippen molar-refractivity contribution in [2.45, 2.75) is 192 Å². The van der Waals surface area contributed by atoms with Gasteiger partial charge in [-0.3, -0.25) is 0 Å². The predicted molar refractivity (Wildman–Crippen MR) is 286 cm³/mol. The van der Waals surface area contributed by atoms with Crippen molar-refractivity contribution in [3.05, 3.63) is 86.5 Å². The molecule has 0 aliphatic carbocycles. The van der Waals surface area contributed by atoms with Crippen molar-refractivity contribution in [1.82, 2.24) is 16.0 Å². The molecule has 3 rings (SSSR count). The molecule has 0 bridgehead atoms. The van der Waals surface area contributed by atoms with E-state index in [2.05, 4.69) is 134 Å². The first-order chi connectivity index (χ1) is 33.1. The average molecular weight is 1230 g/mol. The summed E-state index contributed by atoms with van der Waals surface area (Å²) in [6.45, 7) is 38.1. The summed E-state index contributed by atoms with van der Waals surface area (Å²) in [5.74, 6) is 0.138. The Bertz CT molecular complexity index is 2110. The van der Waals surface area contributed by atoms with Gasteiger partial charge in [-0.05, 0) is 21.7 Å². The molecule has 0 aliphatic heterocycles. The van der Waals surface area contributed by atoms with Gasteiger partial charge in [-0.2, -0.15) is 0 Å². The van der Waals surface area contributed by atoms with Gasteiger partial charge in [-0.25, -0.2) is 0 Å². The van der Waals surface area contributed by atoms with Crippen LogP contribution in [0, 0.1) is 29.4 Å². The van der Waals surface area contributed by atoms with Crippen molar-refractivity contribution in [2.24, 2.45) is 0 Å². The van der Waals surface area contributed by atoms with Crippen LogP contribution in [0.2, 0.25) is 0 Å². The van der Waals surface area contributed by atoms with Crippen LogP contribution in [0.5, 0.6) is 17.2 Å². The molecular weight excluding hydrogens is 1130 g/mol. The summed E-state index contributed by atoms with van der Waals surface area (Å²) in [5.41, 5.74) is 6.54. The maximum atomic E-state index is 13.2. The summed E-state index contributed by atoms with van der Waals surface area (Å²) in [4.78, 5) is 39.1. The molecule has 0 aliphatic rings. The molecule has 6 N–H and O–H groups in total. The zero-order valence-electron chi connectivity index (χ0n) is 47.2. The SMILES string of the molecule is CCC(C)c1cc(CC(=O)OCCN[C]([U])(CNCCOC(=O)CCc2cc(C(C)(C)C)c(O)c(C(C)(C)C)c2)CNCCOC(=O)CCc2cc(C(C)(C)C)c(O)c(C(C)(C)C)c2)cc(C(C)(C)C)c1O. The number of benzene rings is 3. The number of rotatable bonds is 24. The molecule has 0 saturated heterocycles. The third kappa shape index (κ3) is 19.6. The number of phenols is 3. The number of aromatic hydroxyl groups is 3. The van der Waals surface area contributed by atoms with Crippen LogP contribution in [-0.4, -0.2) is 88.3 Å². The molecule has 3 aromatic carbocycles. The third-order valence-corrected chi connectivity index (χ3v) is 15.3. The zero-order valence-corrected chi connectivity index (χ0v) is 51.4. The van der Waals surface area contributed by atoms with Gasteiger partial charge in [0.15, 0.2) is 0 Å². The van der Waals surface area contributed by atoms with E-state index < -0.39 is 0 Å². The summed E-state index contributed by atoms with van der Waals surface area (Å²) in [6, 6.07) is 11.9. The summed E-state index contributed by atoms with van der Waals surface area (Å²) >= 11 is 0.398. The number of hydrogen-bond donors (Lipinski definition) is 6. The molecule has 0 radical (unpaired) electrons. The van der Waals surface area contributed by atoms with Gasteiger partial charge in [0.05, 0.1) is 0 Å². The molecule has 12 nitrogen and oxygen atoms in total. The molecular formula is C59H92N3O9U. The van der Waals surface area contributed by atoms with Gasteiger partial charge >= 0.3 is 322 Å². The number of nitrogens with one attached hydrogen (secondary N) is 3. The van der Waals surface area contributed by atoms with E-state index in [9.17, 15) is 29.7 Å². The molecule has 0 heterocycles. The first kappa shape index (κ1) is 62.7. The third-order valence-electron chi connectivity index (χ3n) is 13.1. The van der Waals surface area contributed by atoms with E-state index in [0.29, 0.717) is 92.2 Å². The minimum atomic E-state index is -0.380. The van der Waals surface area contributed by atoms with Gasteiger partial charge in [-0.15, -0.1) is 0 Å². The van der Waals surface area contributed by atoms with Crippen LogP contribution < -0.4 is 16.0 Å². The quantitative estimate of drug-likeness (QED) is 0.0285. The second-order valence-electron chi connectivity index (χ2n) is 24.9. The molecule has 0 fully saturated rings. The Morgan fingerprint density at radius 3 is 1.21 bits per heavy atom. The zero-order chi connectivity index (χ0) is 54.6. The van der Waals surface area contributed by atoms with E-state index >= 15 is 0 Å². The van der Waals surface area contributed by atoms with Gasteiger partial charge in [-0.1, -0.05) is 90.0 Å². The fourth-order valence-corrected chi connectivity index (χ4v) is 10.1. The number of carbonyl (C=O) groups is 3. The van der Waals surface area contributed by atoms with Crippen LogP contribution in [0.15, 0.2) is 36.4 Å². The standard InChI is InChI=1S/C59H92N3O9.U/c1-18-38(2)43-29-41(34-44(52(43)66)55(3,4)5)35-51(65)71-28-25-62-42(36-60-23-26-69-49(63)21-19-39-30-45(56(6,7)8)53(67)46(31-39)57(9,10)11)37-61-24-27-70-50(64)22-20-40-32-47(58(12,13)14)54(68)48(33-40)59(15,16)17;/h29-34,38,60-62,66-68H,18-28,35-37H2,1-17H3;. The van der Waals surface area contributed by atoms with Crippen molar-refractivity contribution in [3.8, 4) is 17.2 Å². The first-order valence-corrected chi connectivity index (χ1v) is 28.1.